The van der Waals surface area contributed by atoms with Crippen molar-refractivity contribution in [1.82, 2.24) is 0 Å². The third-order valence-corrected chi connectivity index (χ3v) is 2.50. The fourth-order valence-electron chi connectivity index (χ4n) is 1.49. The molecule has 0 heterocycles. The van der Waals surface area contributed by atoms with Crippen LogP contribution in [0, 0.1) is 5.92 Å². The second-order valence-electron chi connectivity index (χ2n) is 4.13. The molecule has 1 nitrogen and oxygen atoms in total. The first kappa shape index (κ1) is 8.79. The van der Waals surface area contributed by atoms with E-state index in [4.69, 9.17) is 0 Å². The number of hydrogen-bond acceptors (Lipinski definition) is 1. The van der Waals surface area contributed by atoms with Crippen LogP contribution < -0.4 is 0 Å². The number of rotatable bonds is 1. The predicted octanol–water partition coefficient (Wildman–Crippen LogP) is 2.50. The highest BCUT2D eigenvalue weighted by Crippen LogP contribution is 2.30. The highest BCUT2D eigenvalue weighted by atomic mass is 16.3. The topological polar surface area (TPSA) is 20.2 Å². The zero-order chi connectivity index (χ0) is 8.48. The van der Waals surface area contributed by atoms with Crippen LogP contribution in [0.15, 0.2) is 11.6 Å². The zero-order valence-electron chi connectivity index (χ0n) is 7.72. The van der Waals surface area contributed by atoms with Crippen molar-refractivity contribution in [3.63, 3.8) is 0 Å². The van der Waals surface area contributed by atoms with E-state index in [-0.39, 0.29) is 0 Å². The van der Waals surface area contributed by atoms with Gasteiger partial charge in [-0.25, -0.2) is 0 Å². The van der Waals surface area contributed by atoms with Gasteiger partial charge in [-0.15, -0.1) is 0 Å². The van der Waals surface area contributed by atoms with Gasteiger partial charge in [-0.2, -0.15) is 0 Å². The summed E-state index contributed by atoms with van der Waals surface area (Å²) in [5, 5.41) is 9.63. The molecule has 0 aliphatic heterocycles. The average molecular weight is 154 g/mol. The summed E-state index contributed by atoms with van der Waals surface area (Å²) in [5.74, 6) is 0.658. The third kappa shape index (κ3) is 2.33. The largest absolute Gasteiger partial charge is 0.390 e. The molecule has 0 bridgehead atoms. The lowest BCUT2D eigenvalue weighted by atomic mass is 9.83. The summed E-state index contributed by atoms with van der Waals surface area (Å²) in [6.45, 7) is 6.35. The van der Waals surface area contributed by atoms with E-state index in [0.29, 0.717) is 5.92 Å². The van der Waals surface area contributed by atoms with E-state index < -0.39 is 5.60 Å². The van der Waals surface area contributed by atoms with Crippen LogP contribution in [-0.4, -0.2) is 10.7 Å². The van der Waals surface area contributed by atoms with E-state index in [2.05, 4.69) is 19.9 Å². The van der Waals surface area contributed by atoms with Gasteiger partial charge in [0, 0.05) is 0 Å². The van der Waals surface area contributed by atoms with Gasteiger partial charge in [-0.3, -0.25) is 0 Å². The molecule has 0 saturated carbocycles. The minimum absolute atomic E-state index is 0.432. The van der Waals surface area contributed by atoms with Crippen LogP contribution in [0.25, 0.3) is 0 Å². The van der Waals surface area contributed by atoms with Crippen LogP contribution >= 0.6 is 0 Å². The van der Waals surface area contributed by atoms with E-state index in [1.54, 1.807) is 0 Å². The first-order valence-corrected chi connectivity index (χ1v) is 4.42. The lowest BCUT2D eigenvalue weighted by Crippen LogP contribution is -2.26. The third-order valence-electron chi connectivity index (χ3n) is 2.50. The van der Waals surface area contributed by atoms with Crippen molar-refractivity contribution in [3.05, 3.63) is 11.6 Å². The van der Waals surface area contributed by atoms with Crippen molar-refractivity contribution in [1.29, 1.82) is 0 Å². The number of aliphatic hydroxyl groups is 1. The van der Waals surface area contributed by atoms with Crippen LogP contribution in [0.2, 0.25) is 0 Å². The summed E-state index contributed by atoms with van der Waals surface area (Å²) in [4.78, 5) is 0. The van der Waals surface area contributed by atoms with Crippen LogP contribution in [0.5, 0.6) is 0 Å². The van der Waals surface area contributed by atoms with Crippen molar-refractivity contribution in [2.24, 2.45) is 5.92 Å². The SMILES string of the molecule is CC(C)C1=CC[C@](C)(O)CC1. The van der Waals surface area contributed by atoms with E-state index >= 15 is 0 Å². The Kier molecular flexibility index (Phi) is 2.38. The highest BCUT2D eigenvalue weighted by Gasteiger charge is 2.23. The monoisotopic (exact) mass is 154 g/mol. The quantitative estimate of drug-likeness (QED) is 0.575. The Hall–Kier alpha value is -0.300. The van der Waals surface area contributed by atoms with Crippen molar-refractivity contribution in [2.45, 2.75) is 45.6 Å². The van der Waals surface area contributed by atoms with Crippen molar-refractivity contribution in [2.75, 3.05) is 0 Å². The fourth-order valence-corrected chi connectivity index (χ4v) is 1.49. The molecule has 1 rings (SSSR count). The molecule has 0 spiro atoms. The summed E-state index contributed by atoms with van der Waals surface area (Å²) in [6.07, 6.45) is 5.04. The van der Waals surface area contributed by atoms with Gasteiger partial charge >= 0.3 is 0 Å². The molecule has 1 atom stereocenters. The number of allylic oxidation sites excluding steroid dienone is 1. The summed E-state index contributed by atoms with van der Waals surface area (Å²) in [6, 6.07) is 0. The molecule has 0 aromatic carbocycles. The van der Waals surface area contributed by atoms with Gasteiger partial charge < -0.3 is 5.11 Å². The maximum absolute atomic E-state index is 9.63. The summed E-state index contributed by atoms with van der Waals surface area (Å²) < 4.78 is 0. The summed E-state index contributed by atoms with van der Waals surface area (Å²) in [7, 11) is 0. The van der Waals surface area contributed by atoms with Crippen LogP contribution in [0.4, 0.5) is 0 Å². The second kappa shape index (κ2) is 2.98. The maximum Gasteiger partial charge on any atom is 0.0657 e. The predicted molar refractivity (Wildman–Crippen MR) is 47.4 cm³/mol. The molecule has 1 heteroatoms. The van der Waals surface area contributed by atoms with E-state index in [9.17, 15) is 5.11 Å². The normalized spacial score (nSPS) is 32.3. The van der Waals surface area contributed by atoms with Gasteiger partial charge in [-0.1, -0.05) is 25.5 Å². The maximum atomic E-state index is 9.63. The smallest absolute Gasteiger partial charge is 0.0657 e. The minimum atomic E-state index is -0.432. The molecule has 0 aromatic rings. The lowest BCUT2D eigenvalue weighted by molar-refractivity contribution is 0.0485. The van der Waals surface area contributed by atoms with Gasteiger partial charge in [0.1, 0.15) is 0 Å². The molecule has 0 saturated heterocycles. The molecule has 0 radical (unpaired) electrons. The molecule has 1 aliphatic carbocycles. The second-order valence-corrected chi connectivity index (χ2v) is 4.13. The van der Waals surface area contributed by atoms with Crippen molar-refractivity contribution in [3.8, 4) is 0 Å². The molecule has 0 fully saturated rings. The highest BCUT2D eigenvalue weighted by molar-refractivity contribution is 5.11. The Morgan fingerprint density at radius 3 is 2.55 bits per heavy atom. The molecule has 11 heavy (non-hydrogen) atoms. The number of hydrogen-bond donors (Lipinski definition) is 1. The van der Waals surface area contributed by atoms with E-state index in [1.165, 1.54) is 5.57 Å². The Labute approximate surface area is 69.1 Å². The molecular weight excluding hydrogens is 136 g/mol. The molecule has 0 unspecified atom stereocenters. The van der Waals surface area contributed by atoms with Crippen LogP contribution in [0.1, 0.15) is 40.0 Å². The van der Waals surface area contributed by atoms with Gasteiger partial charge in [0.2, 0.25) is 0 Å². The van der Waals surface area contributed by atoms with Crippen LogP contribution in [0.3, 0.4) is 0 Å². The average Bonchev–Trinajstić information content (AvgIpc) is 1.86. The Bertz CT molecular complexity index is 166. The van der Waals surface area contributed by atoms with E-state index in [1.807, 2.05) is 6.92 Å². The fraction of sp³-hybridized carbons (Fsp3) is 0.800. The van der Waals surface area contributed by atoms with Crippen molar-refractivity contribution < 1.29 is 5.11 Å². The minimum Gasteiger partial charge on any atom is -0.390 e. The Morgan fingerprint density at radius 2 is 2.18 bits per heavy atom. The molecule has 1 aliphatic rings. The lowest BCUT2D eigenvalue weighted by Gasteiger charge is -2.28. The van der Waals surface area contributed by atoms with Crippen LogP contribution in [-0.2, 0) is 0 Å². The summed E-state index contributed by atoms with van der Waals surface area (Å²) >= 11 is 0. The molecular formula is C10H18O. The first-order chi connectivity index (χ1) is 5.01. The standard InChI is InChI=1S/C10H18O/c1-8(2)9-4-6-10(3,11)7-5-9/h4,8,11H,5-7H2,1-3H3/t10-/m0/s1. The van der Waals surface area contributed by atoms with Gasteiger partial charge in [0.15, 0.2) is 0 Å². The molecule has 0 amide bonds. The molecule has 0 aromatic heterocycles. The van der Waals surface area contributed by atoms with Crippen molar-refractivity contribution >= 4 is 0 Å². The zero-order valence-corrected chi connectivity index (χ0v) is 7.72. The summed E-state index contributed by atoms with van der Waals surface area (Å²) in [5.41, 5.74) is 1.08. The van der Waals surface area contributed by atoms with Gasteiger partial charge in [0.05, 0.1) is 5.60 Å². The van der Waals surface area contributed by atoms with Gasteiger partial charge in [-0.05, 0) is 32.1 Å². The van der Waals surface area contributed by atoms with Gasteiger partial charge in [0.25, 0.3) is 0 Å². The first-order valence-electron chi connectivity index (χ1n) is 4.42. The Balaban J connectivity index is 2.58. The molecule has 1 N–H and O–H groups in total. The van der Waals surface area contributed by atoms with E-state index in [0.717, 1.165) is 19.3 Å². The molecule has 64 valence electrons. The Morgan fingerprint density at radius 1 is 1.55 bits per heavy atom.